The molecule has 0 saturated carbocycles. The summed E-state index contributed by atoms with van der Waals surface area (Å²) in [7, 11) is -2.47. The molecule has 0 aromatic heterocycles. The summed E-state index contributed by atoms with van der Waals surface area (Å²) >= 11 is 5.97. The summed E-state index contributed by atoms with van der Waals surface area (Å²) in [5.74, 6) is -0.0932. The van der Waals surface area contributed by atoms with E-state index in [9.17, 15) is 13.2 Å². The van der Waals surface area contributed by atoms with Crippen molar-refractivity contribution in [3.8, 4) is 5.75 Å². The fourth-order valence-corrected chi connectivity index (χ4v) is 3.79. The number of amides is 1. The van der Waals surface area contributed by atoms with E-state index in [0.717, 1.165) is 12.0 Å². The lowest BCUT2D eigenvalue weighted by Gasteiger charge is -2.15. The topological polar surface area (TPSA) is 84.5 Å². The lowest BCUT2D eigenvalue weighted by atomic mass is 10.1. The van der Waals surface area contributed by atoms with Crippen molar-refractivity contribution in [3.63, 3.8) is 0 Å². The fourth-order valence-electron chi connectivity index (χ4n) is 2.24. The van der Waals surface area contributed by atoms with Gasteiger partial charge in [0, 0.05) is 5.69 Å². The zero-order valence-electron chi connectivity index (χ0n) is 14.7. The van der Waals surface area contributed by atoms with Crippen LogP contribution >= 0.6 is 11.6 Å². The Balaban J connectivity index is 2.07. The van der Waals surface area contributed by atoms with Crippen molar-refractivity contribution in [2.75, 3.05) is 12.4 Å². The molecule has 2 N–H and O–H groups in total. The Morgan fingerprint density at radius 2 is 1.85 bits per heavy atom. The van der Waals surface area contributed by atoms with Crippen LogP contribution < -0.4 is 14.8 Å². The Kier molecular flexibility index (Phi) is 6.63. The second kappa shape index (κ2) is 8.53. The molecule has 0 aliphatic heterocycles. The SMILES string of the molecule is CCc1ccc(NC(=O)C(C)NS(=O)(=O)c2ccc(OC)c(Cl)c2)cc1. The second-order valence-electron chi connectivity index (χ2n) is 5.68. The van der Waals surface area contributed by atoms with E-state index in [1.54, 1.807) is 12.1 Å². The number of carbonyl (C=O) groups is 1. The summed E-state index contributed by atoms with van der Waals surface area (Å²) in [5, 5.41) is 2.85. The molecule has 0 fully saturated rings. The van der Waals surface area contributed by atoms with Crippen molar-refractivity contribution in [3.05, 3.63) is 53.1 Å². The lowest BCUT2D eigenvalue weighted by Crippen LogP contribution is -2.41. The van der Waals surface area contributed by atoms with E-state index >= 15 is 0 Å². The zero-order valence-corrected chi connectivity index (χ0v) is 16.3. The lowest BCUT2D eigenvalue weighted by molar-refractivity contribution is -0.117. The first kappa shape index (κ1) is 20.2. The van der Waals surface area contributed by atoms with Crippen molar-refractivity contribution < 1.29 is 17.9 Å². The number of sulfonamides is 1. The smallest absolute Gasteiger partial charge is 0.242 e. The van der Waals surface area contributed by atoms with E-state index in [0.29, 0.717) is 11.4 Å². The molecular formula is C18H21ClN2O4S. The molecule has 0 heterocycles. The average molecular weight is 397 g/mol. The highest BCUT2D eigenvalue weighted by atomic mass is 35.5. The maximum absolute atomic E-state index is 12.4. The summed E-state index contributed by atoms with van der Waals surface area (Å²) in [5.41, 5.74) is 1.75. The third kappa shape index (κ3) is 4.97. The van der Waals surface area contributed by atoms with Crippen molar-refractivity contribution in [1.82, 2.24) is 4.72 Å². The Bertz CT molecular complexity index is 883. The third-order valence-electron chi connectivity index (χ3n) is 3.79. The average Bonchev–Trinajstić information content (AvgIpc) is 2.61. The van der Waals surface area contributed by atoms with Crippen LogP contribution in [0.15, 0.2) is 47.4 Å². The maximum Gasteiger partial charge on any atom is 0.242 e. The van der Waals surface area contributed by atoms with Crippen LogP contribution in [0.3, 0.4) is 0 Å². The summed E-state index contributed by atoms with van der Waals surface area (Å²) in [6.07, 6.45) is 0.898. The number of nitrogens with one attached hydrogen (secondary N) is 2. The van der Waals surface area contributed by atoms with E-state index < -0.39 is 22.0 Å². The van der Waals surface area contributed by atoms with Gasteiger partial charge in [0.05, 0.1) is 23.1 Å². The van der Waals surface area contributed by atoms with Crippen LogP contribution in [-0.4, -0.2) is 27.5 Å². The molecule has 1 atom stereocenters. The number of aryl methyl sites for hydroxylation is 1. The molecule has 0 bridgehead atoms. The van der Waals surface area contributed by atoms with E-state index in [4.69, 9.17) is 16.3 Å². The highest BCUT2D eigenvalue weighted by Crippen LogP contribution is 2.26. The second-order valence-corrected chi connectivity index (χ2v) is 7.80. The van der Waals surface area contributed by atoms with Crippen LogP contribution in [0, 0.1) is 0 Å². The van der Waals surface area contributed by atoms with Gasteiger partial charge in [-0.15, -0.1) is 0 Å². The first-order valence-electron chi connectivity index (χ1n) is 8.02. The minimum atomic E-state index is -3.91. The van der Waals surface area contributed by atoms with Crippen molar-refractivity contribution >= 4 is 33.2 Å². The standard InChI is InChI=1S/C18H21ClN2O4S/c1-4-13-5-7-14(8-6-13)20-18(22)12(2)21-26(23,24)15-9-10-17(25-3)16(19)11-15/h5-12,21H,4H2,1-3H3,(H,20,22). The predicted molar refractivity (Wildman–Crippen MR) is 102 cm³/mol. The summed E-state index contributed by atoms with van der Waals surface area (Å²) in [4.78, 5) is 12.2. The van der Waals surface area contributed by atoms with Gasteiger partial charge in [-0.05, 0) is 49.2 Å². The summed E-state index contributed by atoms with van der Waals surface area (Å²) < 4.78 is 32.2. The highest BCUT2D eigenvalue weighted by Gasteiger charge is 2.23. The minimum absolute atomic E-state index is 0.0461. The molecule has 0 saturated heterocycles. The molecule has 2 aromatic carbocycles. The third-order valence-corrected chi connectivity index (χ3v) is 5.62. The molecular weight excluding hydrogens is 376 g/mol. The van der Waals surface area contributed by atoms with Crippen molar-refractivity contribution in [1.29, 1.82) is 0 Å². The molecule has 26 heavy (non-hydrogen) atoms. The molecule has 6 nitrogen and oxygen atoms in total. The number of halogens is 1. The number of rotatable bonds is 7. The van der Waals surface area contributed by atoms with Gasteiger partial charge in [-0.25, -0.2) is 8.42 Å². The largest absolute Gasteiger partial charge is 0.495 e. The fraction of sp³-hybridized carbons (Fsp3) is 0.278. The molecule has 140 valence electrons. The number of hydrogen-bond acceptors (Lipinski definition) is 4. The highest BCUT2D eigenvalue weighted by molar-refractivity contribution is 7.89. The van der Waals surface area contributed by atoms with Gasteiger partial charge in [0.2, 0.25) is 15.9 Å². The quantitative estimate of drug-likeness (QED) is 0.752. The Labute approximate surface area is 158 Å². The molecule has 2 aromatic rings. The number of anilines is 1. The van der Waals surface area contributed by atoms with Crippen LogP contribution in [0.25, 0.3) is 0 Å². The normalized spacial score (nSPS) is 12.5. The molecule has 0 spiro atoms. The van der Waals surface area contributed by atoms with Crippen LogP contribution in [0.2, 0.25) is 5.02 Å². The molecule has 8 heteroatoms. The molecule has 1 amide bonds. The van der Waals surface area contributed by atoms with Gasteiger partial charge < -0.3 is 10.1 Å². The molecule has 1 unspecified atom stereocenters. The Hall–Kier alpha value is -2.09. The number of ether oxygens (including phenoxy) is 1. The van der Waals surface area contributed by atoms with Gasteiger partial charge in [-0.1, -0.05) is 30.7 Å². The van der Waals surface area contributed by atoms with Crippen LogP contribution in [0.4, 0.5) is 5.69 Å². The number of benzene rings is 2. The van der Waals surface area contributed by atoms with Gasteiger partial charge in [0.25, 0.3) is 0 Å². The number of hydrogen-bond donors (Lipinski definition) is 2. The van der Waals surface area contributed by atoms with Crippen LogP contribution in [0.1, 0.15) is 19.4 Å². The van der Waals surface area contributed by atoms with Crippen molar-refractivity contribution in [2.45, 2.75) is 31.2 Å². The molecule has 0 aliphatic rings. The van der Waals surface area contributed by atoms with Crippen LogP contribution in [0.5, 0.6) is 5.75 Å². The van der Waals surface area contributed by atoms with Gasteiger partial charge >= 0.3 is 0 Å². The minimum Gasteiger partial charge on any atom is -0.495 e. The number of carbonyl (C=O) groups excluding carboxylic acids is 1. The van der Waals surface area contributed by atoms with Gasteiger partial charge in [-0.2, -0.15) is 4.72 Å². The Morgan fingerprint density at radius 3 is 2.38 bits per heavy atom. The molecule has 0 aliphatic carbocycles. The maximum atomic E-state index is 12.4. The molecule has 2 rings (SSSR count). The van der Waals surface area contributed by atoms with Gasteiger partial charge in [-0.3, -0.25) is 4.79 Å². The van der Waals surface area contributed by atoms with Crippen LogP contribution in [-0.2, 0) is 21.2 Å². The summed E-state index contributed by atoms with van der Waals surface area (Å²) in [6.45, 7) is 3.51. The van der Waals surface area contributed by atoms with E-state index in [-0.39, 0.29) is 9.92 Å². The van der Waals surface area contributed by atoms with E-state index in [1.807, 2.05) is 19.1 Å². The zero-order chi connectivity index (χ0) is 19.3. The summed E-state index contributed by atoms with van der Waals surface area (Å²) in [6, 6.07) is 10.5. The molecule has 0 radical (unpaired) electrons. The van der Waals surface area contributed by atoms with E-state index in [1.165, 1.54) is 32.2 Å². The Morgan fingerprint density at radius 1 is 1.19 bits per heavy atom. The van der Waals surface area contributed by atoms with Crippen molar-refractivity contribution in [2.24, 2.45) is 0 Å². The van der Waals surface area contributed by atoms with Gasteiger partial charge in [0.15, 0.2) is 0 Å². The number of methoxy groups -OCH3 is 1. The first-order valence-corrected chi connectivity index (χ1v) is 9.88. The first-order chi connectivity index (χ1) is 12.3. The van der Waals surface area contributed by atoms with Gasteiger partial charge in [0.1, 0.15) is 5.75 Å². The predicted octanol–water partition coefficient (Wildman–Crippen LogP) is 3.22. The van der Waals surface area contributed by atoms with E-state index in [2.05, 4.69) is 10.0 Å². The monoisotopic (exact) mass is 396 g/mol.